The minimum atomic E-state index is -3.51. The van der Waals surface area contributed by atoms with Crippen LogP contribution in [0.4, 0.5) is 0 Å². The molecule has 152 valence electrons. The summed E-state index contributed by atoms with van der Waals surface area (Å²) in [5, 5.41) is 10.7. The molecule has 1 aliphatic heterocycles. The Morgan fingerprint density at radius 3 is 2.69 bits per heavy atom. The van der Waals surface area contributed by atoms with E-state index in [2.05, 4.69) is 22.3 Å². The maximum Gasteiger partial charge on any atom is 0.243 e. The monoisotopic (exact) mass is 427 g/mol. The van der Waals surface area contributed by atoms with E-state index in [1.807, 2.05) is 44.2 Å². The van der Waals surface area contributed by atoms with Crippen LogP contribution in [0.2, 0.25) is 0 Å². The van der Waals surface area contributed by atoms with Crippen molar-refractivity contribution in [3.05, 3.63) is 75.2 Å². The van der Waals surface area contributed by atoms with E-state index in [-0.39, 0.29) is 5.92 Å². The molecule has 3 aromatic rings. The number of benzene rings is 2. The minimum Gasteiger partial charge on any atom is -0.207 e. The highest BCUT2D eigenvalue weighted by molar-refractivity contribution is 7.89. The smallest absolute Gasteiger partial charge is 0.207 e. The van der Waals surface area contributed by atoms with Crippen molar-refractivity contribution in [1.29, 1.82) is 0 Å². The number of sulfonamides is 1. The summed E-state index contributed by atoms with van der Waals surface area (Å²) < 4.78 is 28.2. The van der Waals surface area contributed by atoms with Crippen molar-refractivity contribution >= 4 is 21.4 Å². The third-order valence-electron chi connectivity index (χ3n) is 5.38. The first-order valence-corrected chi connectivity index (χ1v) is 12.1. The average molecular weight is 428 g/mol. The topological polar surface area (TPSA) is 63.2 Å². The van der Waals surface area contributed by atoms with Crippen LogP contribution >= 0.6 is 11.3 Å². The van der Waals surface area contributed by atoms with Gasteiger partial charge in [-0.05, 0) is 49.4 Å². The van der Waals surface area contributed by atoms with Crippen molar-refractivity contribution in [3.63, 3.8) is 0 Å². The van der Waals surface area contributed by atoms with E-state index in [0.717, 1.165) is 40.4 Å². The van der Waals surface area contributed by atoms with Gasteiger partial charge in [0.05, 0.1) is 4.90 Å². The Bertz CT molecular complexity index is 1090. The molecule has 1 atom stereocenters. The van der Waals surface area contributed by atoms with Crippen LogP contribution in [-0.4, -0.2) is 36.0 Å². The molecule has 1 fully saturated rings. The van der Waals surface area contributed by atoms with Crippen LogP contribution in [0.25, 0.3) is 0 Å². The molecule has 0 bridgehead atoms. The van der Waals surface area contributed by atoms with Crippen LogP contribution in [0.3, 0.4) is 0 Å². The Morgan fingerprint density at radius 2 is 1.90 bits per heavy atom. The van der Waals surface area contributed by atoms with Crippen LogP contribution in [0, 0.1) is 13.8 Å². The summed E-state index contributed by atoms with van der Waals surface area (Å²) in [7, 11) is -3.51. The van der Waals surface area contributed by atoms with Gasteiger partial charge in [0.25, 0.3) is 0 Å². The van der Waals surface area contributed by atoms with Gasteiger partial charge in [0.1, 0.15) is 10.0 Å². The van der Waals surface area contributed by atoms with Gasteiger partial charge in [0.15, 0.2) is 0 Å². The molecule has 0 N–H and O–H groups in total. The lowest BCUT2D eigenvalue weighted by molar-refractivity contribution is 0.314. The Kier molecular flexibility index (Phi) is 5.81. The number of aromatic nitrogens is 2. The van der Waals surface area contributed by atoms with Crippen molar-refractivity contribution < 1.29 is 8.42 Å². The lowest BCUT2D eigenvalue weighted by Crippen LogP contribution is -2.39. The maximum atomic E-state index is 13.3. The highest BCUT2D eigenvalue weighted by atomic mass is 32.2. The first kappa shape index (κ1) is 20.2. The van der Waals surface area contributed by atoms with Gasteiger partial charge < -0.3 is 0 Å². The number of piperidine rings is 1. The van der Waals surface area contributed by atoms with E-state index < -0.39 is 10.0 Å². The molecular weight excluding hydrogens is 402 g/mol. The fourth-order valence-corrected chi connectivity index (χ4v) is 6.60. The third kappa shape index (κ3) is 4.42. The van der Waals surface area contributed by atoms with Gasteiger partial charge in [-0.2, -0.15) is 4.31 Å². The summed E-state index contributed by atoms with van der Waals surface area (Å²) >= 11 is 1.60. The van der Waals surface area contributed by atoms with E-state index in [0.29, 0.717) is 18.0 Å². The molecule has 1 aliphatic rings. The minimum absolute atomic E-state index is 0.102. The van der Waals surface area contributed by atoms with Gasteiger partial charge in [0.2, 0.25) is 10.0 Å². The van der Waals surface area contributed by atoms with Gasteiger partial charge >= 0.3 is 0 Å². The molecule has 4 rings (SSSR count). The summed E-state index contributed by atoms with van der Waals surface area (Å²) in [6, 6.07) is 15.8. The number of aryl methyl sites for hydroxylation is 2. The zero-order chi connectivity index (χ0) is 20.4. The van der Waals surface area contributed by atoms with Gasteiger partial charge in [-0.3, -0.25) is 0 Å². The fourth-order valence-electron chi connectivity index (χ4n) is 3.76. The number of hydrogen-bond donors (Lipinski definition) is 0. The summed E-state index contributed by atoms with van der Waals surface area (Å²) in [6.07, 6.45) is 2.54. The highest BCUT2D eigenvalue weighted by Crippen LogP contribution is 2.33. The van der Waals surface area contributed by atoms with E-state index >= 15 is 0 Å². The fraction of sp³-hybridized carbons (Fsp3) is 0.364. The van der Waals surface area contributed by atoms with E-state index in [1.54, 1.807) is 21.7 Å². The second kappa shape index (κ2) is 8.34. The van der Waals surface area contributed by atoms with Crippen LogP contribution < -0.4 is 0 Å². The maximum absolute atomic E-state index is 13.3. The average Bonchev–Trinajstić information content (AvgIpc) is 3.19. The van der Waals surface area contributed by atoms with Gasteiger partial charge in [0, 0.05) is 25.4 Å². The molecule has 5 nitrogen and oxygen atoms in total. The number of nitrogens with zero attached hydrogens (tertiary/aromatic N) is 3. The molecule has 0 saturated carbocycles. The van der Waals surface area contributed by atoms with Gasteiger partial charge in [-0.25, -0.2) is 8.42 Å². The molecule has 1 aromatic heterocycles. The molecule has 29 heavy (non-hydrogen) atoms. The largest absolute Gasteiger partial charge is 0.243 e. The molecule has 0 spiro atoms. The van der Waals surface area contributed by atoms with Crippen molar-refractivity contribution in [2.45, 2.75) is 43.9 Å². The zero-order valence-corrected chi connectivity index (χ0v) is 18.3. The van der Waals surface area contributed by atoms with Crippen LogP contribution in [0.1, 0.15) is 45.5 Å². The highest BCUT2D eigenvalue weighted by Gasteiger charge is 2.33. The lowest BCUT2D eigenvalue weighted by atomic mass is 10.0. The summed E-state index contributed by atoms with van der Waals surface area (Å²) in [5.74, 6) is 0.102. The van der Waals surface area contributed by atoms with Crippen LogP contribution in [0.5, 0.6) is 0 Å². The second-order valence-electron chi connectivity index (χ2n) is 7.67. The second-order valence-corrected chi connectivity index (χ2v) is 10.7. The molecule has 0 aliphatic carbocycles. The first-order chi connectivity index (χ1) is 13.9. The number of hydrogen-bond acceptors (Lipinski definition) is 5. The summed E-state index contributed by atoms with van der Waals surface area (Å²) in [4.78, 5) is 0.417. The Balaban J connectivity index is 1.52. The Labute approximate surface area is 176 Å². The predicted octanol–water partition coefficient (Wildman–Crippen LogP) is 4.31. The van der Waals surface area contributed by atoms with Crippen LogP contribution in [0.15, 0.2) is 53.4 Å². The van der Waals surface area contributed by atoms with Gasteiger partial charge in [-0.15, -0.1) is 21.5 Å². The third-order valence-corrected chi connectivity index (χ3v) is 8.47. The quantitative estimate of drug-likeness (QED) is 0.609. The number of rotatable bonds is 5. The summed E-state index contributed by atoms with van der Waals surface area (Å²) in [5.41, 5.74) is 2.95. The summed E-state index contributed by atoms with van der Waals surface area (Å²) in [6.45, 7) is 4.80. The molecule has 1 unspecified atom stereocenters. The van der Waals surface area contributed by atoms with Crippen molar-refractivity contribution in [2.24, 2.45) is 0 Å². The predicted molar refractivity (Wildman–Crippen MR) is 116 cm³/mol. The van der Waals surface area contributed by atoms with E-state index in [1.165, 1.54) is 5.56 Å². The molecule has 1 saturated heterocycles. The zero-order valence-electron chi connectivity index (χ0n) is 16.7. The molecule has 7 heteroatoms. The van der Waals surface area contributed by atoms with Crippen molar-refractivity contribution in [2.75, 3.05) is 13.1 Å². The molecule has 2 aromatic carbocycles. The SMILES string of the molecule is Cc1ccc(C)c(S(=O)(=O)N2CCCC(c3nnc(Cc4ccccc4)s3)C2)c1. The lowest BCUT2D eigenvalue weighted by Gasteiger charge is -2.31. The van der Waals surface area contributed by atoms with Crippen molar-refractivity contribution in [1.82, 2.24) is 14.5 Å². The molecular formula is C22H25N3O2S2. The Hall–Kier alpha value is -2.09. The van der Waals surface area contributed by atoms with E-state index in [9.17, 15) is 8.42 Å². The van der Waals surface area contributed by atoms with E-state index in [4.69, 9.17) is 0 Å². The van der Waals surface area contributed by atoms with Gasteiger partial charge in [-0.1, -0.05) is 42.5 Å². The molecule has 0 amide bonds. The normalized spacial score (nSPS) is 18.1. The molecule has 2 heterocycles. The van der Waals surface area contributed by atoms with Crippen molar-refractivity contribution in [3.8, 4) is 0 Å². The Morgan fingerprint density at radius 1 is 1.10 bits per heavy atom. The van der Waals surface area contributed by atoms with Crippen LogP contribution in [-0.2, 0) is 16.4 Å². The molecule has 0 radical (unpaired) electrons. The standard InChI is InChI=1S/C22H25N3O2S2/c1-16-10-11-17(2)20(13-16)29(26,27)25-12-6-9-19(15-25)22-24-23-21(28-22)14-18-7-4-3-5-8-18/h3-5,7-8,10-11,13,19H,6,9,12,14-15H2,1-2H3. The first-order valence-electron chi connectivity index (χ1n) is 9.87.